The lowest BCUT2D eigenvalue weighted by molar-refractivity contribution is -0.0608. The maximum Gasteiger partial charge on any atom is 0.211 e. The van der Waals surface area contributed by atoms with Gasteiger partial charge in [0.1, 0.15) is 6.07 Å². The first-order valence-corrected chi connectivity index (χ1v) is 6.23. The van der Waals surface area contributed by atoms with Gasteiger partial charge in [-0.15, -0.1) is 0 Å². The Kier molecular flexibility index (Phi) is 2.62. The number of nitriles is 1. The van der Waals surface area contributed by atoms with Gasteiger partial charge in [-0.2, -0.15) is 5.26 Å². The topological polar surface area (TPSA) is 36.3 Å². The molecule has 0 N–H and O–H groups in total. The molecule has 88 valence electrons. The monoisotopic (exact) mass is 228 g/mol. The van der Waals surface area contributed by atoms with Crippen LogP contribution in [-0.4, -0.2) is 23.8 Å². The van der Waals surface area contributed by atoms with Crippen molar-refractivity contribution in [2.75, 3.05) is 13.2 Å². The molecule has 2 atom stereocenters. The smallest absolute Gasteiger partial charge is 0.211 e. The fourth-order valence-corrected chi connectivity index (χ4v) is 2.94. The molecule has 0 saturated carbocycles. The highest BCUT2D eigenvalue weighted by atomic mass is 16.5. The summed E-state index contributed by atoms with van der Waals surface area (Å²) in [7, 11) is 0. The van der Waals surface area contributed by atoms with Crippen molar-refractivity contribution in [3.8, 4) is 6.07 Å². The fourth-order valence-electron chi connectivity index (χ4n) is 2.94. The van der Waals surface area contributed by atoms with Crippen LogP contribution in [0, 0.1) is 11.3 Å². The van der Waals surface area contributed by atoms with Gasteiger partial charge in [0.2, 0.25) is 5.72 Å². The largest absolute Gasteiger partial charge is 0.345 e. The van der Waals surface area contributed by atoms with Crippen molar-refractivity contribution in [1.82, 2.24) is 4.90 Å². The molecule has 2 saturated heterocycles. The average Bonchev–Trinajstić information content (AvgIpc) is 2.80. The summed E-state index contributed by atoms with van der Waals surface area (Å²) in [5.41, 5.74) is 0.602. The highest BCUT2D eigenvalue weighted by Gasteiger charge is 2.49. The van der Waals surface area contributed by atoms with Gasteiger partial charge in [0.05, 0.1) is 12.6 Å². The number of rotatable bonds is 1. The first kappa shape index (κ1) is 10.8. The Balaban J connectivity index is 1.92. The molecule has 3 rings (SSSR count). The van der Waals surface area contributed by atoms with Gasteiger partial charge in [-0.1, -0.05) is 30.3 Å². The minimum atomic E-state index is -0.654. The van der Waals surface area contributed by atoms with E-state index in [2.05, 4.69) is 23.1 Å². The third-order valence-corrected chi connectivity index (χ3v) is 3.84. The van der Waals surface area contributed by atoms with Crippen LogP contribution in [0.15, 0.2) is 30.3 Å². The Hall–Kier alpha value is -1.37. The number of hydrogen-bond acceptors (Lipinski definition) is 3. The Morgan fingerprint density at radius 1 is 1.29 bits per heavy atom. The second kappa shape index (κ2) is 4.14. The van der Waals surface area contributed by atoms with Gasteiger partial charge < -0.3 is 4.74 Å². The van der Waals surface area contributed by atoms with E-state index < -0.39 is 5.72 Å². The van der Waals surface area contributed by atoms with Gasteiger partial charge >= 0.3 is 0 Å². The van der Waals surface area contributed by atoms with Crippen LogP contribution in [0.25, 0.3) is 0 Å². The molecule has 3 heteroatoms. The normalized spacial score (nSPS) is 33.0. The molecule has 1 aromatic rings. The van der Waals surface area contributed by atoms with Crippen molar-refractivity contribution >= 4 is 0 Å². The quantitative estimate of drug-likeness (QED) is 0.740. The van der Waals surface area contributed by atoms with Crippen molar-refractivity contribution in [2.45, 2.75) is 31.0 Å². The molecule has 1 aromatic carbocycles. The zero-order chi connectivity index (χ0) is 11.7. The van der Waals surface area contributed by atoms with E-state index in [1.807, 2.05) is 18.2 Å². The lowest BCUT2D eigenvalue weighted by atomic mass is 9.97. The second-order valence-corrected chi connectivity index (χ2v) is 4.78. The molecule has 0 aromatic heterocycles. The maximum atomic E-state index is 9.40. The SMILES string of the molecule is N#C[C@@]12CCCCN1[C@@H](c1ccccc1)CO2. The number of nitrogens with zero attached hydrogens (tertiary/aromatic N) is 2. The van der Waals surface area contributed by atoms with Gasteiger partial charge in [-0.25, -0.2) is 0 Å². The fraction of sp³-hybridized carbons (Fsp3) is 0.500. The van der Waals surface area contributed by atoms with Gasteiger partial charge in [0.25, 0.3) is 0 Å². The molecule has 2 aliphatic rings. The van der Waals surface area contributed by atoms with Gasteiger partial charge in [0.15, 0.2) is 0 Å². The van der Waals surface area contributed by atoms with Crippen LogP contribution in [0.1, 0.15) is 30.9 Å². The summed E-state index contributed by atoms with van der Waals surface area (Å²) < 4.78 is 5.83. The van der Waals surface area contributed by atoms with Crippen molar-refractivity contribution < 1.29 is 4.74 Å². The lowest BCUT2D eigenvalue weighted by Gasteiger charge is -2.37. The summed E-state index contributed by atoms with van der Waals surface area (Å²) in [4.78, 5) is 2.24. The van der Waals surface area contributed by atoms with E-state index in [0.29, 0.717) is 6.61 Å². The Morgan fingerprint density at radius 2 is 2.12 bits per heavy atom. The van der Waals surface area contributed by atoms with Crippen LogP contribution < -0.4 is 0 Å². The Labute approximate surface area is 102 Å². The van der Waals surface area contributed by atoms with Crippen LogP contribution in [0.2, 0.25) is 0 Å². The van der Waals surface area contributed by atoms with Crippen LogP contribution in [0.3, 0.4) is 0 Å². The molecule has 0 aliphatic carbocycles. The second-order valence-electron chi connectivity index (χ2n) is 4.78. The third kappa shape index (κ3) is 1.65. The third-order valence-electron chi connectivity index (χ3n) is 3.84. The Bertz CT molecular complexity index is 439. The molecule has 0 spiro atoms. The van der Waals surface area contributed by atoms with E-state index in [4.69, 9.17) is 4.74 Å². The predicted molar refractivity (Wildman–Crippen MR) is 64.0 cm³/mol. The first-order chi connectivity index (χ1) is 8.36. The van der Waals surface area contributed by atoms with E-state index in [1.165, 1.54) is 5.56 Å². The number of fused-ring (bicyclic) bond motifs is 1. The first-order valence-electron chi connectivity index (χ1n) is 6.23. The van der Waals surface area contributed by atoms with Crippen molar-refractivity contribution in [1.29, 1.82) is 5.26 Å². The van der Waals surface area contributed by atoms with Crippen molar-refractivity contribution in [3.63, 3.8) is 0 Å². The van der Waals surface area contributed by atoms with E-state index in [9.17, 15) is 5.26 Å². The summed E-state index contributed by atoms with van der Waals surface area (Å²) >= 11 is 0. The van der Waals surface area contributed by atoms with Crippen LogP contribution in [-0.2, 0) is 4.74 Å². The maximum absolute atomic E-state index is 9.40. The minimum Gasteiger partial charge on any atom is -0.345 e. The van der Waals surface area contributed by atoms with Gasteiger partial charge in [0, 0.05) is 13.0 Å². The molecule has 3 nitrogen and oxygen atoms in total. The summed E-state index contributed by atoms with van der Waals surface area (Å²) in [5, 5.41) is 9.40. The van der Waals surface area contributed by atoms with E-state index in [0.717, 1.165) is 25.8 Å². The summed E-state index contributed by atoms with van der Waals surface area (Å²) in [6.45, 7) is 1.60. The molecule has 2 fully saturated rings. The zero-order valence-corrected chi connectivity index (χ0v) is 9.80. The lowest BCUT2D eigenvalue weighted by Crippen LogP contribution is -2.47. The molecule has 2 heterocycles. The highest BCUT2D eigenvalue weighted by molar-refractivity contribution is 5.23. The van der Waals surface area contributed by atoms with E-state index in [-0.39, 0.29) is 6.04 Å². The molecular formula is C14H16N2O. The predicted octanol–water partition coefficient (Wildman–Crippen LogP) is 2.46. The highest BCUT2D eigenvalue weighted by Crippen LogP contribution is 2.42. The zero-order valence-electron chi connectivity index (χ0n) is 9.80. The summed E-state index contributed by atoms with van der Waals surface area (Å²) in [5.74, 6) is 0. The van der Waals surface area contributed by atoms with Crippen molar-refractivity contribution in [3.05, 3.63) is 35.9 Å². The molecule has 2 aliphatic heterocycles. The summed E-state index contributed by atoms with van der Waals surface area (Å²) in [6, 6.07) is 13.0. The van der Waals surface area contributed by atoms with E-state index in [1.54, 1.807) is 0 Å². The van der Waals surface area contributed by atoms with Gasteiger partial charge in [-0.05, 0) is 18.4 Å². The van der Waals surface area contributed by atoms with Crippen molar-refractivity contribution in [2.24, 2.45) is 0 Å². The van der Waals surface area contributed by atoms with Crippen LogP contribution in [0.5, 0.6) is 0 Å². The number of ether oxygens (including phenoxy) is 1. The minimum absolute atomic E-state index is 0.246. The number of hydrogen-bond donors (Lipinski definition) is 0. The average molecular weight is 228 g/mol. The van der Waals surface area contributed by atoms with E-state index >= 15 is 0 Å². The Morgan fingerprint density at radius 3 is 2.88 bits per heavy atom. The number of piperidine rings is 1. The molecule has 0 bridgehead atoms. The molecular weight excluding hydrogens is 212 g/mol. The molecule has 0 radical (unpaired) electrons. The molecule has 0 amide bonds. The summed E-state index contributed by atoms with van der Waals surface area (Å²) in [6.07, 6.45) is 3.09. The molecule has 0 unspecified atom stereocenters. The number of benzene rings is 1. The standard InChI is InChI=1S/C14H16N2O/c15-11-14-8-4-5-9-16(14)13(10-17-14)12-6-2-1-3-7-12/h1-3,6-7,13H,4-5,8-10H2/t13-,14+/m1/s1. The van der Waals surface area contributed by atoms with Gasteiger partial charge in [-0.3, -0.25) is 4.90 Å². The van der Waals surface area contributed by atoms with Crippen LogP contribution in [0.4, 0.5) is 0 Å². The molecule has 17 heavy (non-hydrogen) atoms. The van der Waals surface area contributed by atoms with Crippen LogP contribution >= 0.6 is 0 Å².